The number of fused-ring (bicyclic) bond motifs is 3. The fourth-order valence-corrected chi connectivity index (χ4v) is 3.55. The molecular formula is C22H20N2O2. The lowest BCUT2D eigenvalue weighted by atomic mass is 10.1. The normalized spacial score (nSPS) is 11.2. The van der Waals surface area contributed by atoms with Crippen LogP contribution in [0.25, 0.3) is 27.8 Å². The predicted octanol–water partition coefficient (Wildman–Crippen LogP) is 4.85. The summed E-state index contributed by atoms with van der Waals surface area (Å²) in [5.41, 5.74) is 6.39. The van der Waals surface area contributed by atoms with Crippen LogP contribution in [0.4, 0.5) is 0 Å². The second-order valence-corrected chi connectivity index (χ2v) is 6.39. The number of pyridine rings is 1. The van der Waals surface area contributed by atoms with E-state index in [9.17, 15) is 4.79 Å². The molecule has 26 heavy (non-hydrogen) atoms. The van der Waals surface area contributed by atoms with E-state index in [2.05, 4.69) is 29.5 Å². The molecule has 4 aromatic rings. The zero-order chi connectivity index (χ0) is 18.3. The van der Waals surface area contributed by atoms with Gasteiger partial charge in [-0.3, -0.25) is 9.20 Å². The summed E-state index contributed by atoms with van der Waals surface area (Å²) in [6, 6.07) is 13.9. The van der Waals surface area contributed by atoms with Gasteiger partial charge in [0.05, 0.1) is 18.3 Å². The zero-order valence-electron chi connectivity index (χ0n) is 15.1. The third-order valence-electron chi connectivity index (χ3n) is 4.92. The Bertz CT molecular complexity index is 1140. The molecule has 0 aliphatic rings. The Morgan fingerprint density at radius 1 is 1.19 bits per heavy atom. The van der Waals surface area contributed by atoms with Gasteiger partial charge in [-0.2, -0.15) is 0 Å². The molecule has 0 saturated carbocycles. The summed E-state index contributed by atoms with van der Waals surface area (Å²) >= 11 is 0. The zero-order valence-corrected chi connectivity index (χ0v) is 15.1. The minimum absolute atomic E-state index is 0.637. The first-order chi connectivity index (χ1) is 12.7. The second kappa shape index (κ2) is 6.30. The lowest BCUT2D eigenvalue weighted by Crippen LogP contribution is -1.97. The Labute approximate surface area is 152 Å². The van der Waals surface area contributed by atoms with Crippen LogP contribution >= 0.6 is 0 Å². The number of aryl methyl sites for hydroxylation is 2. The number of benzene rings is 2. The average Bonchev–Trinajstić information content (AvgIpc) is 3.13. The number of hydrogen-bond acceptors (Lipinski definition) is 3. The molecule has 0 radical (unpaired) electrons. The Balaban J connectivity index is 2.08. The summed E-state index contributed by atoms with van der Waals surface area (Å²) in [5.74, 6) is 0.851. The molecule has 2 aromatic heterocycles. The van der Waals surface area contributed by atoms with E-state index in [1.165, 1.54) is 5.56 Å². The SMILES string of the molecule is CCc1ccc2c(c1)c(OC)c(C)c1nc(-c3ccccc3C=O)cn12. The van der Waals surface area contributed by atoms with E-state index >= 15 is 0 Å². The third-order valence-corrected chi connectivity index (χ3v) is 4.92. The van der Waals surface area contributed by atoms with Crippen molar-refractivity contribution in [3.05, 3.63) is 65.4 Å². The molecule has 2 aromatic carbocycles. The van der Waals surface area contributed by atoms with E-state index in [-0.39, 0.29) is 0 Å². The number of nitrogens with zero attached hydrogens (tertiary/aromatic N) is 2. The van der Waals surface area contributed by atoms with Crippen molar-refractivity contribution < 1.29 is 9.53 Å². The minimum atomic E-state index is 0.637. The van der Waals surface area contributed by atoms with Crippen molar-refractivity contribution >= 4 is 22.8 Å². The first-order valence-corrected chi connectivity index (χ1v) is 8.70. The largest absolute Gasteiger partial charge is 0.496 e. The van der Waals surface area contributed by atoms with E-state index in [1.807, 2.05) is 37.4 Å². The van der Waals surface area contributed by atoms with Crippen molar-refractivity contribution in [2.45, 2.75) is 20.3 Å². The Morgan fingerprint density at radius 2 is 2.00 bits per heavy atom. The number of aldehydes is 1. The van der Waals surface area contributed by atoms with Gasteiger partial charge >= 0.3 is 0 Å². The van der Waals surface area contributed by atoms with Gasteiger partial charge in [0.25, 0.3) is 0 Å². The highest BCUT2D eigenvalue weighted by molar-refractivity contribution is 5.93. The summed E-state index contributed by atoms with van der Waals surface area (Å²) in [6.07, 6.45) is 3.84. The smallest absolute Gasteiger partial charge is 0.150 e. The van der Waals surface area contributed by atoms with Crippen molar-refractivity contribution in [3.8, 4) is 17.0 Å². The lowest BCUT2D eigenvalue weighted by molar-refractivity contribution is 0.112. The Hall–Kier alpha value is -3.14. The summed E-state index contributed by atoms with van der Waals surface area (Å²) in [5, 5.41) is 1.07. The van der Waals surface area contributed by atoms with Crippen LogP contribution in [0.5, 0.6) is 5.75 Å². The summed E-state index contributed by atoms with van der Waals surface area (Å²) in [4.78, 5) is 16.2. The van der Waals surface area contributed by atoms with Gasteiger partial charge < -0.3 is 4.74 Å². The van der Waals surface area contributed by atoms with Crippen LogP contribution in [0.1, 0.15) is 28.4 Å². The first kappa shape index (κ1) is 16.3. The van der Waals surface area contributed by atoms with Crippen LogP contribution in [0.3, 0.4) is 0 Å². The van der Waals surface area contributed by atoms with Gasteiger partial charge in [0.2, 0.25) is 0 Å². The molecule has 4 nitrogen and oxygen atoms in total. The van der Waals surface area contributed by atoms with Gasteiger partial charge in [-0.25, -0.2) is 4.98 Å². The molecule has 4 heteroatoms. The van der Waals surface area contributed by atoms with Crippen molar-refractivity contribution in [3.63, 3.8) is 0 Å². The molecule has 0 amide bonds. The second-order valence-electron chi connectivity index (χ2n) is 6.39. The van der Waals surface area contributed by atoms with Crippen molar-refractivity contribution in [1.82, 2.24) is 9.38 Å². The molecule has 4 rings (SSSR count). The van der Waals surface area contributed by atoms with E-state index < -0.39 is 0 Å². The highest BCUT2D eigenvalue weighted by Crippen LogP contribution is 2.35. The van der Waals surface area contributed by atoms with Gasteiger partial charge in [0.1, 0.15) is 11.4 Å². The van der Waals surface area contributed by atoms with Crippen molar-refractivity contribution in [1.29, 1.82) is 0 Å². The van der Waals surface area contributed by atoms with Gasteiger partial charge in [-0.1, -0.05) is 37.3 Å². The number of aromatic nitrogens is 2. The Morgan fingerprint density at radius 3 is 2.73 bits per heavy atom. The van der Waals surface area contributed by atoms with Crippen LogP contribution in [-0.4, -0.2) is 22.8 Å². The molecule has 0 spiro atoms. The van der Waals surface area contributed by atoms with Gasteiger partial charge in [-0.15, -0.1) is 0 Å². The van der Waals surface area contributed by atoms with Crippen LogP contribution < -0.4 is 4.74 Å². The monoisotopic (exact) mass is 344 g/mol. The number of carbonyl (C=O) groups is 1. The summed E-state index contributed by atoms with van der Waals surface area (Å²) in [6.45, 7) is 4.17. The molecule has 2 heterocycles. The minimum Gasteiger partial charge on any atom is -0.496 e. The molecular weight excluding hydrogens is 324 g/mol. The molecule has 0 aliphatic heterocycles. The van der Waals surface area contributed by atoms with E-state index in [0.29, 0.717) is 5.56 Å². The fraction of sp³-hybridized carbons (Fsp3) is 0.182. The predicted molar refractivity (Wildman–Crippen MR) is 104 cm³/mol. The van der Waals surface area contributed by atoms with Crippen LogP contribution in [0, 0.1) is 6.92 Å². The van der Waals surface area contributed by atoms with E-state index in [4.69, 9.17) is 9.72 Å². The molecule has 0 atom stereocenters. The number of rotatable bonds is 4. The van der Waals surface area contributed by atoms with Crippen molar-refractivity contribution in [2.75, 3.05) is 7.11 Å². The maximum absolute atomic E-state index is 11.4. The summed E-state index contributed by atoms with van der Waals surface area (Å²) in [7, 11) is 1.70. The van der Waals surface area contributed by atoms with Gasteiger partial charge in [0.15, 0.2) is 6.29 Å². The molecule has 0 aliphatic carbocycles. The maximum atomic E-state index is 11.4. The number of carbonyl (C=O) groups excluding carboxylic acids is 1. The van der Waals surface area contributed by atoms with E-state index in [1.54, 1.807) is 7.11 Å². The summed E-state index contributed by atoms with van der Waals surface area (Å²) < 4.78 is 7.80. The molecule has 0 fully saturated rings. The Kier molecular flexibility index (Phi) is 3.96. The molecule has 130 valence electrons. The standard InChI is InChI=1S/C22H20N2O2/c1-4-15-9-10-20-18(11-15)21(26-3)14(2)22-23-19(12-24(20)22)17-8-6-5-7-16(17)13-25/h5-13H,4H2,1-3H3. The van der Waals surface area contributed by atoms with E-state index in [0.717, 1.165) is 51.8 Å². The highest BCUT2D eigenvalue weighted by Gasteiger charge is 2.17. The number of methoxy groups -OCH3 is 1. The number of imidazole rings is 1. The number of hydrogen-bond donors (Lipinski definition) is 0. The van der Waals surface area contributed by atoms with Crippen LogP contribution in [-0.2, 0) is 6.42 Å². The lowest BCUT2D eigenvalue weighted by Gasteiger charge is -2.12. The van der Waals surface area contributed by atoms with Gasteiger partial charge in [-0.05, 0) is 31.0 Å². The first-order valence-electron chi connectivity index (χ1n) is 8.70. The van der Waals surface area contributed by atoms with Crippen molar-refractivity contribution in [2.24, 2.45) is 0 Å². The molecule has 0 saturated heterocycles. The topological polar surface area (TPSA) is 43.6 Å². The molecule has 0 unspecified atom stereocenters. The molecule has 0 N–H and O–H groups in total. The third kappa shape index (κ3) is 2.37. The van der Waals surface area contributed by atoms with Crippen LogP contribution in [0.15, 0.2) is 48.7 Å². The quantitative estimate of drug-likeness (QED) is 0.497. The average molecular weight is 344 g/mol. The maximum Gasteiger partial charge on any atom is 0.150 e. The fourth-order valence-electron chi connectivity index (χ4n) is 3.55. The van der Waals surface area contributed by atoms with Gasteiger partial charge in [0, 0.05) is 28.3 Å². The number of ether oxygens (including phenoxy) is 1. The highest BCUT2D eigenvalue weighted by atomic mass is 16.5. The van der Waals surface area contributed by atoms with Crippen LogP contribution in [0.2, 0.25) is 0 Å². The molecule has 0 bridgehead atoms.